The van der Waals surface area contributed by atoms with E-state index in [1.54, 1.807) is 18.9 Å². The summed E-state index contributed by atoms with van der Waals surface area (Å²) in [7, 11) is 1.63. The zero-order valence-corrected chi connectivity index (χ0v) is 17.0. The van der Waals surface area contributed by atoms with Crippen LogP contribution >= 0.6 is 0 Å². The number of amides is 1. The molecule has 154 valence electrons. The van der Waals surface area contributed by atoms with Crippen molar-refractivity contribution in [1.82, 2.24) is 4.90 Å². The molecular formula is C22H31NO5. The van der Waals surface area contributed by atoms with Gasteiger partial charge in [0.1, 0.15) is 5.60 Å². The van der Waals surface area contributed by atoms with E-state index in [1.807, 2.05) is 25.1 Å². The molecule has 1 aromatic rings. The van der Waals surface area contributed by atoms with E-state index in [9.17, 15) is 15.0 Å². The predicted octanol–water partition coefficient (Wildman–Crippen LogP) is 2.32. The minimum Gasteiger partial charge on any atom is -0.493 e. The molecule has 3 atom stereocenters. The van der Waals surface area contributed by atoms with Gasteiger partial charge >= 0.3 is 0 Å². The Bertz CT molecular complexity index is 755. The quantitative estimate of drug-likeness (QED) is 0.748. The van der Waals surface area contributed by atoms with Gasteiger partial charge in [-0.2, -0.15) is 0 Å². The molecule has 1 saturated heterocycles. The number of likely N-dealkylation sites (tertiary alicyclic amines) is 1. The van der Waals surface area contributed by atoms with Gasteiger partial charge in [0.15, 0.2) is 11.5 Å². The number of ether oxygens (including phenoxy) is 2. The van der Waals surface area contributed by atoms with Gasteiger partial charge in [-0.15, -0.1) is 0 Å². The topological polar surface area (TPSA) is 79.2 Å². The average molecular weight is 389 g/mol. The van der Waals surface area contributed by atoms with E-state index in [-0.39, 0.29) is 11.8 Å². The second-order valence-electron chi connectivity index (χ2n) is 9.12. The summed E-state index contributed by atoms with van der Waals surface area (Å²) in [5, 5.41) is 20.8. The van der Waals surface area contributed by atoms with E-state index in [4.69, 9.17) is 9.47 Å². The largest absolute Gasteiger partial charge is 0.493 e. The van der Waals surface area contributed by atoms with Crippen LogP contribution < -0.4 is 9.47 Å². The van der Waals surface area contributed by atoms with E-state index < -0.39 is 17.1 Å². The molecule has 0 radical (unpaired) electrons. The first-order valence-electron chi connectivity index (χ1n) is 10.3. The molecule has 4 rings (SSSR count). The van der Waals surface area contributed by atoms with Crippen LogP contribution in [-0.2, 0) is 4.79 Å². The number of aliphatic hydroxyl groups is 2. The maximum absolute atomic E-state index is 12.7. The van der Waals surface area contributed by atoms with Crippen molar-refractivity contribution in [2.45, 2.75) is 57.2 Å². The molecule has 2 aliphatic carbocycles. The summed E-state index contributed by atoms with van der Waals surface area (Å²) in [5.41, 5.74) is -0.663. The van der Waals surface area contributed by atoms with Crippen LogP contribution in [0.4, 0.5) is 0 Å². The maximum atomic E-state index is 12.7. The first kappa shape index (κ1) is 19.5. The Morgan fingerprint density at radius 2 is 2.04 bits per heavy atom. The van der Waals surface area contributed by atoms with Crippen molar-refractivity contribution in [2.75, 3.05) is 26.8 Å². The van der Waals surface area contributed by atoms with Gasteiger partial charge < -0.3 is 24.6 Å². The smallest absolute Gasteiger partial charge is 0.254 e. The fourth-order valence-corrected chi connectivity index (χ4v) is 4.22. The third-order valence-corrected chi connectivity index (χ3v) is 6.86. The standard InChI is InChI=1S/C22H31NO5/c1-14(24)21(2)13-23(20(25)22(26)8-9-22)11-17(21)16-6-7-18(27-3)19(10-16)28-12-15-4-5-15/h6-7,10,14-15,17,24,26H,4-5,8-9,11-13H2,1-3H3/t14-,17?,21?/m1/s1. The molecule has 6 nitrogen and oxygen atoms in total. The fourth-order valence-electron chi connectivity index (χ4n) is 4.22. The van der Waals surface area contributed by atoms with E-state index in [0.717, 1.165) is 5.56 Å². The van der Waals surface area contributed by atoms with Crippen LogP contribution in [0.3, 0.4) is 0 Å². The molecule has 2 saturated carbocycles. The lowest BCUT2D eigenvalue weighted by Crippen LogP contribution is -2.42. The number of benzene rings is 1. The molecule has 3 fully saturated rings. The first-order chi connectivity index (χ1) is 13.3. The SMILES string of the molecule is COc1ccc(C2CN(C(=O)C3(O)CC3)CC2(C)[C@@H](C)O)cc1OCC1CC1. The van der Waals surface area contributed by atoms with Crippen molar-refractivity contribution < 1.29 is 24.5 Å². The van der Waals surface area contributed by atoms with Crippen LogP contribution in [0.25, 0.3) is 0 Å². The second-order valence-corrected chi connectivity index (χ2v) is 9.12. The number of hydrogen-bond acceptors (Lipinski definition) is 5. The number of aliphatic hydroxyl groups excluding tert-OH is 1. The fraction of sp³-hybridized carbons (Fsp3) is 0.682. The third-order valence-electron chi connectivity index (χ3n) is 6.86. The Morgan fingerprint density at radius 3 is 2.61 bits per heavy atom. The van der Waals surface area contributed by atoms with Crippen molar-refractivity contribution in [1.29, 1.82) is 0 Å². The van der Waals surface area contributed by atoms with Gasteiger partial charge in [-0.05, 0) is 56.2 Å². The molecule has 0 spiro atoms. The first-order valence-corrected chi connectivity index (χ1v) is 10.3. The summed E-state index contributed by atoms with van der Waals surface area (Å²) in [6.07, 6.45) is 2.89. The number of carbonyl (C=O) groups is 1. The summed E-state index contributed by atoms with van der Waals surface area (Å²) in [5.74, 6) is 1.79. The van der Waals surface area contributed by atoms with Crippen molar-refractivity contribution >= 4 is 5.91 Å². The predicted molar refractivity (Wildman–Crippen MR) is 105 cm³/mol. The van der Waals surface area contributed by atoms with Crippen LogP contribution in [0, 0.1) is 11.3 Å². The maximum Gasteiger partial charge on any atom is 0.254 e. The highest BCUT2D eigenvalue weighted by molar-refractivity contribution is 5.88. The lowest BCUT2D eigenvalue weighted by Gasteiger charge is -2.34. The Labute approximate surface area is 166 Å². The van der Waals surface area contributed by atoms with Gasteiger partial charge in [-0.25, -0.2) is 0 Å². The number of hydrogen-bond donors (Lipinski definition) is 2. The van der Waals surface area contributed by atoms with Crippen molar-refractivity contribution in [3.05, 3.63) is 23.8 Å². The van der Waals surface area contributed by atoms with E-state index in [1.165, 1.54) is 12.8 Å². The van der Waals surface area contributed by atoms with Gasteiger partial charge in [0.05, 0.1) is 19.8 Å². The number of rotatable bonds is 7. The normalized spacial score (nSPS) is 29.5. The lowest BCUT2D eigenvalue weighted by molar-refractivity contribution is -0.142. The van der Waals surface area contributed by atoms with Crippen molar-refractivity contribution in [3.8, 4) is 11.5 Å². The summed E-state index contributed by atoms with van der Waals surface area (Å²) >= 11 is 0. The highest BCUT2D eigenvalue weighted by atomic mass is 16.5. The monoisotopic (exact) mass is 389 g/mol. The molecule has 2 unspecified atom stereocenters. The van der Waals surface area contributed by atoms with E-state index in [0.29, 0.717) is 50.0 Å². The number of carbonyl (C=O) groups excluding carboxylic acids is 1. The van der Waals surface area contributed by atoms with E-state index in [2.05, 4.69) is 0 Å². The Morgan fingerprint density at radius 1 is 1.32 bits per heavy atom. The Kier molecular flexibility index (Phi) is 4.82. The number of nitrogens with zero attached hydrogens (tertiary/aromatic N) is 1. The molecule has 2 N–H and O–H groups in total. The molecule has 1 aliphatic heterocycles. The molecular weight excluding hydrogens is 358 g/mol. The minimum atomic E-state index is -1.19. The Balaban J connectivity index is 1.61. The Hall–Kier alpha value is -1.79. The summed E-state index contributed by atoms with van der Waals surface area (Å²) in [6.45, 7) is 5.40. The van der Waals surface area contributed by atoms with Crippen LogP contribution in [0.5, 0.6) is 11.5 Å². The van der Waals surface area contributed by atoms with Crippen LogP contribution in [0.2, 0.25) is 0 Å². The number of methoxy groups -OCH3 is 1. The average Bonchev–Trinajstić information content (AvgIpc) is 3.60. The molecule has 0 aromatic heterocycles. The van der Waals surface area contributed by atoms with Crippen molar-refractivity contribution in [3.63, 3.8) is 0 Å². The van der Waals surface area contributed by atoms with Crippen LogP contribution in [0.15, 0.2) is 18.2 Å². The zero-order valence-electron chi connectivity index (χ0n) is 17.0. The van der Waals surface area contributed by atoms with E-state index >= 15 is 0 Å². The molecule has 0 bridgehead atoms. The molecule has 3 aliphatic rings. The van der Waals surface area contributed by atoms with Gasteiger partial charge in [0, 0.05) is 24.4 Å². The summed E-state index contributed by atoms with van der Waals surface area (Å²) < 4.78 is 11.5. The van der Waals surface area contributed by atoms with Gasteiger partial charge in [0.25, 0.3) is 5.91 Å². The molecule has 28 heavy (non-hydrogen) atoms. The highest BCUT2D eigenvalue weighted by Crippen LogP contribution is 2.49. The molecule has 1 heterocycles. The molecule has 1 amide bonds. The minimum absolute atomic E-state index is 0.0482. The van der Waals surface area contributed by atoms with Crippen LogP contribution in [0.1, 0.15) is 51.0 Å². The van der Waals surface area contributed by atoms with Gasteiger partial charge in [-0.3, -0.25) is 4.79 Å². The second kappa shape index (κ2) is 6.92. The zero-order chi connectivity index (χ0) is 20.1. The summed E-state index contributed by atoms with van der Waals surface area (Å²) in [6, 6.07) is 5.89. The highest BCUT2D eigenvalue weighted by Gasteiger charge is 2.55. The van der Waals surface area contributed by atoms with Crippen molar-refractivity contribution in [2.24, 2.45) is 11.3 Å². The molecule has 6 heteroatoms. The molecule has 1 aromatic carbocycles. The third kappa shape index (κ3) is 3.48. The van der Waals surface area contributed by atoms with Gasteiger partial charge in [-0.1, -0.05) is 13.0 Å². The lowest BCUT2D eigenvalue weighted by atomic mass is 9.72. The van der Waals surface area contributed by atoms with Crippen LogP contribution in [-0.4, -0.2) is 59.5 Å². The summed E-state index contributed by atoms with van der Waals surface area (Å²) in [4.78, 5) is 14.4. The van der Waals surface area contributed by atoms with Gasteiger partial charge in [0.2, 0.25) is 0 Å².